The number of hydrogen-bond acceptors (Lipinski definition) is 1. The fourth-order valence-corrected chi connectivity index (χ4v) is 4.44. The van der Waals surface area contributed by atoms with Crippen molar-refractivity contribution in [2.45, 2.75) is 44.4 Å². The molecule has 0 aromatic heterocycles. The van der Waals surface area contributed by atoms with Crippen LogP contribution in [0, 0.1) is 17.8 Å². The first-order valence-corrected chi connectivity index (χ1v) is 7.48. The Bertz CT molecular complexity index is 484. The van der Waals surface area contributed by atoms with E-state index in [0.717, 1.165) is 12.8 Å². The smallest absolute Gasteiger partial charge is 0.139 e. The zero-order valence-corrected chi connectivity index (χ0v) is 10.8. The lowest BCUT2D eigenvalue weighted by Gasteiger charge is -2.13. The maximum Gasteiger partial charge on any atom is 0.139 e. The lowest BCUT2D eigenvalue weighted by molar-refractivity contribution is -0.124. The number of Topliss-reactive ketones (excluding diaryl/α,β-unsaturated/α-hetero) is 1. The van der Waals surface area contributed by atoms with Crippen LogP contribution in [0.4, 0.5) is 0 Å². The van der Waals surface area contributed by atoms with Crippen LogP contribution in [0.15, 0.2) is 24.3 Å². The zero-order valence-electron chi connectivity index (χ0n) is 10.8. The molecule has 0 aliphatic heterocycles. The molecule has 1 aromatic rings. The van der Waals surface area contributed by atoms with Gasteiger partial charge in [0.1, 0.15) is 5.78 Å². The first-order chi connectivity index (χ1) is 8.86. The maximum atomic E-state index is 12.6. The Labute approximate surface area is 109 Å². The second-order valence-electron chi connectivity index (χ2n) is 6.34. The summed E-state index contributed by atoms with van der Waals surface area (Å²) in [4.78, 5) is 12.6. The SMILES string of the molecule is O=C(C1CCCC1)C1C2CCc3ccccc3C21. The van der Waals surface area contributed by atoms with Crippen molar-refractivity contribution in [2.75, 3.05) is 0 Å². The summed E-state index contributed by atoms with van der Waals surface area (Å²) in [7, 11) is 0. The number of carbonyl (C=O) groups excluding carboxylic acids is 1. The second kappa shape index (κ2) is 3.94. The number of fused-ring (bicyclic) bond motifs is 3. The predicted molar refractivity (Wildman–Crippen MR) is 71.4 cm³/mol. The van der Waals surface area contributed by atoms with Crippen LogP contribution in [0.25, 0.3) is 0 Å². The Hall–Kier alpha value is -1.11. The third-order valence-electron chi connectivity index (χ3n) is 5.42. The van der Waals surface area contributed by atoms with Gasteiger partial charge in [-0.1, -0.05) is 37.1 Å². The number of ketones is 1. The minimum atomic E-state index is 0.386. The van der Waals surface area contributed by atoms with Crippen LogP contribution in [0.3, 0.4) is 0 Å². The molecule has 3 unspecified atom stereocenters. The molecule has 94 valence electrons. The molecule has 0 bridgehead atoms. The van der Waals surface area contributed by atoms with Gasteiger partial charge in [0.25, 0.3) is 0 Å². The Kier molecular flexibility index (Phi) is 2.36. The lowest BCUT2D eigenvalue weighted by atomic mass is 9.92. The van der Waals surface area contributed by atoms with E-state index >= 15 is 0 Å². The first kappa shape index (κ1) is 10.8. The van der Waals surface area contributed by atoms with E-state index < -0.39 is 0 Å². The highest BCUT2D eigenvalue weighted by molar-refractivity contribution is 5.88. The maximum absolute atomic E-state index is 12.6. The first-order valence-electron chi connectivity index (χ1n) is 7.48. The van der Waals surface area contributed by atoms with Crippen molar-refractivity contribution in [3.8, 4) is 0 Å². The molecule has 3 aliphatic rings. The Morgan fingerprint density at radius 2 is 1.83 bits per heavy atom. The van der Waals surface area contributed by atoms with Gasteiger partial charge in [0.15, 0.2) is 0 Å². The molecular weight excluding hydrogens is 220 g/mol. The predicted octanol–water partition coefficient (Wildman–Crippen LogP) is 3.72. The third-order valence-corrected chi connectivity index (χ3v) is 5.42. The Morgan fingerprint density at radius 3 is 2.67 bits per heavy atom. The van der Waals surface area contributed by atoms with Crippen molar-refractivity contribution in [1.82, 2.24) is 0 Å². The van der Waals surface area contributed by atoms with Crippen LogP contribution in [0.5, 0.6) is 0 Å². The van der Waals surface area contributed by atoms with Crippen LogP contribution in [0.2, 0.25) is 0 Å². The highest BCUT2D eigenvalue weighted by Crippen LogP contribution is 2.61. The molecule has 3 atom stereocenters. The number of benzene rings is 1. The van der Waals surface area contributed by atoms with Crippen LogP contribution < -0.4 is 0 Å². The molecule has 2 saturated carbocycles. The van der Waals surface area contributed by atoms with Gasteiger partial charge in [0, 0.05) is 11.8 Å². The number of carbonyl (C=O) groups is 1. The van der Waals surface area contributed by atoms with Crippen molar-refractivity contribution in [1.29, 1.82) is 0 Å². The van der Waals surface area contributed by atoms with E-state index in [9.17, 15) is 4.79 Å². The molecule has 1 heteroatoms. The highest BCUT2D eigenvalue weighted by Gasteiger charge is 2.57. The minimum Gasteiger partial charge on any atom is -0.299 e. The van der Waals surface area contributed by atoms with Gasteiger partial charge in [-0.15, -0.1) is 0 Å². The molecule has 0 saturated heterocycles. The van der Waals surface area contributed by atoms with Gasteiger partial charge in [-0.2, -0.15) is 0 Å². The summed E-state index contributed by atoms with van der Waals surface area (Å²) < 4.78 is 0. The molecule has 0 amide bonds. The molecule has 0 heterocycles. The van der Waals surface area contributed by atoms with Crippen LogP contribution >= 0.6 is 0 Å². The normalized spacial score (nSPS) is 33.9. The molecule has 2 fully saturated rings. The van der Waals surface area contributed by atoms with Crippen LogP contribution in [0.1, 0.15) is 49.1 Å². The zero-order chi connectivity index (χ0) is 12.1. The minimum absolute atomic E-state index is 0.386. The fraction of sp³-hybridized carbons (Fsp3) is 0.588. The molecule has 4 rings (SSSR count). The Balaban J connectivity index is 1.59. The third kappa shape index (κ3) is 1.49. The molecule has 1 aromatic carbocycles. The summed E-state index contributed by atoms with van der Waals surface area (Å²) in [5, 5.41) is 0. The summed E-state index contributed by atoms with van der Waals surface area (Å²) in [5.74, 6) is 2.68. The molecule has 3 aliphatic carbocycles. The largest absolute Gasteiger partial charge is 0.299 e. The molecule has 0 radical (unpaired) electrons. The van der Waals surface area contributed by atoms with Crippen molar-refractivity contribution in [3.05, 3.63) is 35.4 Å². The van der Waals surface area contributed by atoms with Gasteiger partial charge in [-0.25, -0.2) is 0 Å². The van der Waals surface area contributed by atoms with E-state index in [1.54, 1.807) is 0 Å². The van der Waals surface area contributed by atoms with E-state index in [2.05, 4.69) is 24.3 Å². The average Bonchev–Trinajstić information content (AvgIpc) is 2.89. The van der Waals surface area contributed by atoms with Gasteiger partial charge < -0.3 is 0 Å². The van der Waals surface area contributed by atoms with Gasteiger partial charge in [-0.3, -0.25) is 4.79 Å². The van der Waals surface area contributed by atoms with E-state index in [-0.39, 0.29) is 0 Å². The van der Waals surface area contributed by atoms with Gasteiger partial charge in [-0.05, 0) is 48.6 Å². The molecular formula is C17H20O. The number of rotatable bonds is 2. The van der Waals surface area contributed by atoms with Gasteiger partial charge >= 0.3 is 0 Å². The Morgan fingerprint density at radius 1 is 1.06 bits per heavy atom. The van der Waals surface area contributed by atoms with E-state index in [1.807, 2.05) is 0 Å². The van der Waals surface area contributed by atoms with Gasteiger partial charge in [0.05, 0.1) is 0 Å². The van der Waals surface area contributed by atoms with E-state index in [1.165, 1.54) is 36.8 Å². The second-order valence-corrected chi connectivity index (χ2v) is 6.34. The van der Waals surface area contributed by atoms with E-state index in [4.69, 9.17) is 0 Å². The van der Waals surface area contributed by atoms with Crippen LogP contribution in [-0.2, 0) is 11.2 Å². The van der Waals surface area contributed by atoms with Crippen molar-refractivity contribution < 1.29 is 4.79 Å². The van der Waals surface area contributed by atoms with Crippen molar-refractivity contribution in [2.24, 2.45) is 17.8 Å². The summed E-state index contributed by atoms with van der Waals surface area (Å²) >= 11 is 0. The molecule has 0 spiro atoms. The number of hydrogen-bond donors (Lipinski definition) is 0. The van der Waals surface area contributed by atoms with Gasteiger partial charge in [0.2, 0.25) is 0 Å². The number of aryl methyl sites for hydroxylation is 1. The molecule has 1 nitrogen and oxygen atoms in total. The monoisotopic (exact) mass is 240 g/mol. The van der Waals surface area contributed by atoms with E-state index in [0.29, 0.717) is 29.5 Å². The summed E-state index contributed by atoms with van der Waals surface area (Å²) in [5.41, 5.74) is 2.99. The van der Waals surface area contributed by atoms with Crippen LogP contribution in [-0.4, -0.2) is 5.78 Å². The molecule has 18 heavy (non-hydrogen) atoms. The topological polar surface area (TPSA) is 17.1 Å². The lowest BCUT2D eigenvalue weighted by Crippen LogP contribution is -2.14. The van der Waals surface area contributed by atoms with Crippen molar-refractivity contribution in [3.63, 3.8) is 0 Å². The quantitative estimate of drug-likeness (QED) is 0.770. The highest BCUT2D eigenvalue weighted by atomic mass is 16.1. The summed E-state index contributed by atoms with van der Waals surface area (Å²) in [6, 6.07) is 8.78. The summed E-state index contributed by atoms with van der Waals surface area (Å²) in [6.45, 7) is 0. The summed E-state index contributed by atoms with van der Waals surface area (Å²) in [6.07, 6.45) is 7.30. The fourth-order valence-electron chi connectivity index (χ4n) is 4.44. The standard InChI is InChI=1S/C17H20O/c18-17(12-6-1-2-7-12)16-14-10-9-11-5-3-4-8-13(11)15(14)16/h3-5,8,12,14-16H,1-2,6-7,9-10H2. The van der Waals surface area contributed by atoms with Crippen molar-refractivity contribution >= 4 is 5.78 Å². The average molecular weight is 240 g/mol. The molecule has 0 N–H and O–H groups in total.